The van der Waals surface area contributed by atoms with E-state index in [4.69, 9.17) is 21.3 Å². The van der Waals surface area contributed by atoms with Crippen LogP contribution in [0.1, 0.15) is 46.1 Å². The molecular formula is C22H35ClN4O2. The van der Waals surface area contributed by atoms with Gasteiger partial charge in [0.1, 0.15) is 12.0 Å². The summed E-state index contributed by atoms with van der Waals surface area (Å²) in [6, 6.07) is 7.71. The van der Waals surface area contributed by atoms with Crippen molar-refractivity contribution in [3.8, 4) is 0 Å². The summed E-state index contributed by atoms with van der Waals surface area (Å²) in [7, 11) is 3.49. The molecule has 2 heterocycles. The Bertz CT molecular complexity index is 693. The van der Waals surface area contributed by atoms with E-state index in [1.807, 2.05) is 64.0 Å². The van der Waals surface area contributed by atoms with Crippen molar-refractivity contribution >= 4 is 23.4 Å². The first-order chi connectivity index (χ1) is 14.0. The first kappa shape index (κ1) is 23.6. The van der Waals surface area contributed by atoms with Gasteiger partial charge in [0.05, 0.1) is 13.0 Å². The van der Waals surface area contributed by atoms with Gasteiger partial charge in [0.15, 0.2) is 0 Å². The maximum Gasteiger partial charge on any atom is 0.308 e. The summed E-state index contributed by atoms with van der Waals surface area (Å²) in [4.78, 5) is 18.8. The van der Waals surface area contributed by atoms with Crippen LogP contribution in [0.2, 0.25) is 5.02 Å². The molecule has 3 aliphatic rings. The number of nitrogens with one attached hydrogen (secondary N) is 1. The fraction of sp³-hybridized carbons (Fsp3) is 0.636. The first-order valence-corrected chi connectivity index (χ1v) is 11.0. The van der Waals surface area contributed by atoms with E-state index in [0.717, 1.165) is 48.9 Å². The minimum absolute atomic E-state index is 0.0546. The molecule has 1 unspecified atom stereocenters. The zero-order valence-electron chi connectivity index (χ0n) is 18.5. The first-order valence-electron chi connectivity index (χ1n) is 10.6. The second-order valence-corrected chi connectivity index (χ2v) is 7.92. The standard InChI is InChI=1S/C18H23ClN4O2.2C2H6/c1-22-15(20-16(21-22)12-3-5-14(19)6-4-12)9-23-10-18(11-23)7-13(8-18)17(24)25-2;2*1-2/h3-6,13,15H,7-11H2,1-2H3,(H,20,21);2*1-2H3. The summed E-state index contributed by atoms with van der Waals surface area (Å²) in [5.41, 5.74) is 4.70. The Morgan fingerprint density at radius 1 is 1.21 bits per heavy atom. The molecular weight excluding hydrogens is 388 g/mol. The molecule has 1 aromatic carbocycles. The van der Waals surface area contributed by atoms with Crippen LogP contribution in [-0.2, 0) is 9.53 Å². The summed E-state index contributed by atoms with van der Waals surface area (Å²) in [6.07, 6.45) is 2.03. The monoisotopic (exact) mass is 422 g/mol. The number of aliphatic imine (C=N–C) groups is 1. The maximum atomic E-state index is 11.5. The number of amidine groups is 1. The number of likely N-dealkylation sites (N-methyl/N-ethyl adjacent to an activating group) is 1. The summed E-state index contributed by atoms with van der Waals surface area (Å²) < 4.78 is 4.83. The SMILES string of the molecule is CC.CC.COC(=O)C1CC2(C1)CN(CC1N=C(c3ccc(Cl)cc3)NN1C)C2. The molecule has 7 heteroatoms. The molecule has 0 aromatic heterocycles. The Labute approximate surface area is 180 Å². The highest BCUT2D eigenvalue weighted by molar-refractivity contribution is 6.30. The number of rotatable bonds is 4. The Kier molecular flexibility index (Phi) is 8.49. The average Bonchev–Trinajstić information content (AvgIpc) is 3.06. The molecule has 1 aromatic rings. The van der Waals surface area contributed by atoms with Gasteiger partial charge in [-0.25, -0.2) is 4.99 Å². The third kappa shape index (κ3) is 5.30. The molecule has 0 amide bonds. The normalized spacial score (nSPS) is 22.7. The molecule has 1 saturated heterocycles. The number of likely N-dealkylation sites (tertiary alicyclic amines) is 1. The van der Waals surface area contributed by atoms with Crippen LogP contribution in [0, 0.1) is 11.3 Å². The molecule has 0 bridgehead atoms. The van der Waals surface area contributed by atoms with Gasteiger partial charge < -0.3 is 10.2 Å². The van der Waals surface area contributed by atoms with Crippen molar-refractivity contribution in [2.75, 3.05) is 33.8 Å². The molecule has 1 saturated carbocycles. The third-order valence-corrected chi connectivity index (χ3v) is 5.81. The van der Waals surface area contributed by atoms with E-state index in [1.165, 1.54) is 7.11 Å². The highest BCUT2D eigenvalue weighted by atomic mass is 35.5. The Morgan fingerprint density at radius 3 is 2.34 bits per heavy atom. The number of nitrogens with zero attached hydrogens (tertiary/aromatic N) is 3. The molecule has 1 aliphatic carbocycles. The number of benzene rings is 1. The number of carbonyl (C=O) groups excluding carboxylic acids is 1. The van der Waals surface area contributed by atoms with Crippen LogP contribution in [0.15, 0.2) is 29.3 Å². The zero-order valence-corrected chi connectivity index (χ0v) is 19.3. The number of methoxy groups -OCH3 is 1. The van der Waals surface area contributed by atoms with Crippen molar-refractivity contribution in [1.82, 2.24) is 15.3 Å². The van der Waals surface area contributed by atoms with Gasteiger partial charge in [-0.15, -0.1) is 0 Å². The number of carbonyl (C=O) groups is 1. The number of hydrogen-bond acceptors (Lipinski definition) is 6. The second kappa shape index (κ2) is 10.4. The van der Waals surface area contributed by atoms with E-state index in [-0.39, 0.29) is 18.1 Å². The van der Waals surface area contributed by atoms with E-state index in [9.17, 15) is 4.79 Å². The van der Waals surface area contributed by atoms with Crippen LogP contribution < -0.4 is 5.43 Å². The lowest BCUT2D eigenvalue weighted by Gasteiger charge is -2.58. The van der Waals surface area contributed by atoms with Gasteiger partial charge in [-0.1, -0.05) is 39.3 Å². The van der Waals surface area contributed by atoms with Crippen molar-refractivity contribution in [3.05, 3.63) is 34.9 Å². The summed E-state index contributed by atoms with van der Waals surface area (Å²) in [5, 5.41) is 2.77. The second-order valence-electron chi connectivity index (χ2n) is 7.49. The average molecular weight is 423 g/mol. The fourth-order valence-electron chi connectivity index (χ4n) is 4.26. The molecule has 1 atom stereocenters. The van der Waals surface area contributed by atoms with E-state index >= 15 is 0 Å². The largest absolute Gasteiger partial charge is 0.469 e. The number of ether oxygens (including phenoxy) is 1. The predicted octanol–water partition coefficient (Wildman–Crippen LogP) is 3.80. The molecule has 2 aliphatic heterocycles. The van der Waals surface area contributed by atoms with Gasteiger partial charge in [0, 0.05) is 37.3 Å². The van der Waals surface area contributed by atoms with E-state index in [1.54, 1.807) is 0 Å². The van der Waals surface area contributed by atoms with Crippen molar-refractivity contribution in [1.29, 1.82) is 0 Å². The lowest BCUT2D eigenvalue weighted by Crippen LogP contribution is -2.64. The third-order valence-electron chi connectivity index (χ3n) is 5.56. The van der Waals surface area contributed by atoms with E-state index < -0.39 is 0 Å². The van der Waals surface area contributed by atoms with Crippen LogP contribution in [0.5, 0.6) is 0 Å². The van der Waals surface area contributed by atoms with Gasteiger partial charge >= 0.3 is 5.97 Å². The van der Waals surface area contributed by atoms with Gasteiger partial charge in [-0.3, -0.25) is 9.69 Å². The van der Waals surface area contributed by atoms with Crippen LogP contribution >= 0.6 is 11.6 Å². The lowest BCUT2D eigenvalue weighted by molar-refractivity contribution is -0.164. The van der Waals surface area contributed by atoms with Crippen molar-refractivity contribution in [2.24, 2.45) is 16.3 Å². The van der Waals surface area contributed by atoms with Gasteiger partial charge in [0.2, 0.25) is 0 Å². The van der Waals surface area contributed by atoms with E-state index in [0.29, 0.717) is 5.41 Å². The predicted molar refractivity (Wildman–Crippen MR) is 119 cm³/mol. The van der Waals surface area contributed by atoms with Gasteiger partial charge in [-0.05, 0) is 42.5 Å². The number of hydrazine groups is 1. The number of halogens is 1. The summed E-state index contributed by atoms with van der Waals surface area (Å²) in [5.74, 6) is 0.937. The van der Waals surface area contributed by atoms with Gasteiger partial charge in [0.25, 0.3) is 0 Å². The molecule has 1 N–H and O–H groups in total. The Balaban J connectivity index is 0.000000707. The van der Waals surface area contributed by atoms with Crippen LogP contribution in [0.4, 0.5) is 0 Å². The molecule has 162 valence electrons. The quantitative estimate of drug-likeness (QED) is 0.748. The smallest absolute Gasteiger partial charge is 0.308 e. The van der Waals surface area contributed by atoms with Gasteiger partial charge in [-0.2, -0.15) is 5.01 Å². The molecule has 6 nitrogen and oxygen atoms in total. The summed E-state index contributed by atoms with van der Waals surface area (Å²) >= 11 is 5.95. The Morgan fingerprint density at radius 2 is 1.79 bits per heavy atom. The van der Waals surface area contributed by atoms with E-state index in [2.05, 4.69) is 10.3 Å². The van der Waals surface area contributed by atoms with Crippen LogP contribution in [-0.4, -0.2) is 61.7 Å². The lowest BCUT2D eigenvalue weighted by atomic mass is 9.57. The molecule has 1 spiro atoms. The maximum absolute atomic E-state index is 11.5. The zero-order chi connectivity index (χ0) is 21.6. The van der Waals surface area contributed by atoms with Crippen molar-refractivity contribution in [2.45, 2.75) is 46.7 Å². The molecule has 4 rings (SSSR count). The number of esters is 1. The molecule has 29 heavy (non-hydrogen) atoms. The topological polar surface area (TPSA) is 57.2 Å². The number of hydrogen-bond donors (Lipinski definition) is 1. The highest BCUT2D eigenvalue weighted by Gasteiger charge is 2.55. The minimum Gasteiger partial charge on any atom is -0.469 e. The highest BCUT2D eigenvalue weighted by Crippen LogP contribution is 2.52. The fourth-order valence-corrected chi connectivity index (χ4v) is 4.38. The van der Waals surface area contributed by atoms with Crippen LogP contribution in [0.3, 0.4) is 0 Å². The minimum atomic E-state index is -0.0546. The van der Waals surface area contributed by atoms with Crippen molar-refractivity contribution < 1.29 is 9.53 Å². The molecule has 2 fully saturated rings. The summed E-state index contributed by atoms with van der Waals surface area (Å²) in [6.45, 7) is 11.0. The van der Waals surface area contributed by atoms with Crippen molar-refractivity contribution in [3.63, 3.8) is 0 Å². The van der Waals surface area contributed by atoms with Crippen LogP contribution in [0.25, 0.3) is 0 Å². The Hall–Kier alpha value is -1.63. The molecule has 0 radical (unpaired) electrons.